The van der Waals surface area contributed by atoms with Crippen LogP contribution in [0.15, 0.2) is 163 Å². The summed E-state index contributed by atoms with van der Waals surface area (Å²) in [6.07, 6.45) is -0.136. The van der Waals surface area contributed by atoms with Gasteiger partial charge in [0.2, 0.25) is 0 Å². The zero-order valence-electron chi connectivity index (χ0n) is 26.6. The number of benzene rings is 8. The Morgan fingerprint density at radius 2 is 1.23 bits per heavy atom. The molecule has 0 amide bonds. The topological polar surface area (TPSA) is 29.3 Å². The van der Waals surface area contributed by atoms with E-state index in [0.717, 1.165) is 17.0 Å². The van der Waals surface area contributed by atoms with Crippen LogP contribution in [0.2, 0.25) is 0 Å². The van der Waals surface area contributed by atoms with Gasteiger partial charge >= 0.3 is 0 Å². The van der Waals surface area contributed by atoms with Crippen molar-refractivity contribution < 1.29 is 0 Å². The largest absolute Gasteiger partial charge is 0.309 e. The van der Waals surface area contributed by atoms with Gasteiger partial charge in [0.05, 0.1) is 11.0 Å². The number of aliphatic imine (C=N–C) groups is 1. The van der Waals surface area contributed by atoms with Crippen LogP contribution < -0.4 is 5.32 Å². The zero-order valence-corrected chi connectivity index (χ0v) is 26.6. The molecule has 48 heavy (non-hydrogen) atoms. The molecule has 10 rings (SSSR count). The van der Waals surface area contributed by atoms with Gasteiger partial charge in [-0.15, -0.1) is 0 Å². The molecule has 1 N–H and O–H groups in total. The van der Waals surface area contributed by atoms with Gasteiger partial charge in [0.25, 0.3) is 0 Å². The number of para-hydroxylation sites is 1. The Balaban J connectivity index is 1.21. The van der Waals surface area contributed by atoms with Crippen LogP contribution in [0.4, 0.5) is 0 Å². The third kappa shape index (κ3) is 4.08. The lowest BCUT2D eigenvalue weighted by Crippen LogP contribution is -2.39. The molecule has 0 fully saturated rings. The normalized spacial score (nSPS) is 18.4. The number of rotatable bonds is 4. The molecule has 0 spiro atoms. The minimum absolute atomic E-state index is 0.129. The van der Waals surface area contributed by atoms with E-state index in [1.54, 1.807) is 0 Å². The van der Waals surface area contributed by atoms with Crippen LogP contribution in [0.1, 0.15) is 35.8 Å². The Bertz CT molecular complexity index is 2650. The van der Waals surface area contributed by atoms with Gasteiger partial charge in [0.1, 0.15) is 6.17 Å². The van der Waals surface area contributed by atoms with E-state index in [4.69, 9.17) is 4.99 Å². The van der Waals surface area contributed by atoms with Crippen LogP contribution in [0.3, 0.4) is 0 Å². The summed E-state index contributed by atoms with van der Waals surface area (Å²) in [6, 6.07) is 57.6. The molecule has 0 bridgehead atoms. The minimum atomic E-state index is -0.136. The maximum absolute atomic E-state index is 5.43. The smallest absolute Gasteiger partial charge is 0.126 e. The van der Waals surface area contributed by atoms with Gasteiger partial charge in [-0.25, -0.2) is 0 Å². The fourth-order valence-corrected chi connectivity index (χ4v) is 8.29. The quantitative estimate of drug-likeness (QED) is 0.196. The maximum atomic E-state index is 5.43. The van der Waals surface area contributed by atoms with Crippen LogP contribution in [-0.2, 0) is 0 Å². The van der Waals surface area contributed by atoms with Gasteiger partial charge in [-0.1, -0.05) is 140 Å². The molecule has 3 nitrogen and oxygen atoms in total. The van der Waals surface area contributed by atoms with Crippen LogP contribution in [0.5, 0.6) is 0 Å². The summed E-state index contributed by atoms with van der Waals surface area (Å²) in [5.41, 5.74) is 8.35. The summed E-state index contributed by atoms with van der Waals surface area (Å²) in [4.78, 5) is 5.43. The van der Waals surface area contributed by atoms with Crippen molar-refractivity contribution >= 4 is 59.8 Å². The molecule has 0 aliphatic carbocycles. The Morgan fingerprint density at radius 1 is 0.542 bits per heavy atom. The van der Waals surface area contributed by atoms with E-state index in [1.165, 1.54) is 65.3 Å². The summed E-state index contributed by atoms with van der Waals surface area (Å²) in [6.45, 7) is 2.31. The lowest BCUT2D eigenvalue weighted by atomic mass is 9.85. The van der Waals surface area contributed by atoms with Crippen molar-refractivity contribution in [3.8, 4) is 5.69 Å². The highest BCUT2D eigenvalue weighted by Gasteiger charge is 2.32. The predicted octanol–water partition coefficient (Wildman–Crippen LogP) is 11.1. The van der Waals surface area contributed by atoms with Gasteiger partial charge in [0.15, 0.2) is 0 Å². The summed E-state index contributed by atoms with van der Waals surface area (Å²) in [7, 11) is 0. The average Bonchev–Trinajstić information content (AvgIpc) is 3.49. The predicted molar refractivity (Wildman–Crippen MR) is 202 cm³/mol. The third-order valence-electron chi connectivity index (χ3n) is 10.5. The molecule has 0 saturated carbocycles. The molecule has 1 aliphatic heterocycles. The van der Waals surface area contributed by atoms with Crippen LogP contribution in [0, 0.1) is 5.92 Å². The fraction of sp³-hybridized carbons (Fsp3) is 0.0889. The number of fused-ring (bicyclic) bond motifs is 4. The zero-order chi connectivity index (χ0) is 31.8. The third-order valence-corrected chi connectivity index (χ3v) is 10.5. The highest BCUT2D eigenvalue weighted by molar-refractivity contribution is 6.31. The monoisotopic (exact) mass is 615 g/mol. The molecule has 9 aromatic rings. The Hall–Kier alpha value is -5.77. The summed E-state index contributed by atoms with van der Waals surface area (Å²) >= 11 is 0. The molecule has 228 valence electrons. The summed E-state index contributed by atoms with van der Waals surface area (Å²) in [5.74, 6) is 0.165. The molecular formula is C45H33N3. The highest BCUT2D eigenvalue weighted by Crippen LogP contribution is 2.43. The number of nitrogens with one attached hydrogen (secondary N) is 1. The van der Waals surface area contributed by atoms with E-state index >= 15 is 0 Å². The van der Waals surface area contributed by atoms with Crippen molar-refractivity contribution in [3.05, 3.63) is 174 Å². The van der Waals surface area contributed by atoms with E-state index in [-0.39, 0.29) is 18.1 Å². The van der Waals surface area contributed by atoms with Gasteiger partial charge in [0, 0.05) is 39.5 Å². The second kappa shape index (κ2) is 10.6. The van der Waals surface area contributed by atoms with Gasteiger partial charge in [-0.05, 0) is 67.9 Å². The highest BCUT2D eigenvalue weighted by atomic mass is 15.1. The number of hydrogen-bond donors (Lipinski definition) is 1. The van der Waals surface area contributed by atoms with Crippen LogP contribution in [-0.4, -0.2) is 10.3 Å². The molecule has 2 heterocycles. The number of nitrogens with zero attached hydrogens (tertiary/aromatic N) is 2. The Labute approximate surface area is 279 Å². The molecule has 3 heteroatoms. The molecule has 1 aromatic heterocycles. The molecule has 0 saturated heterocycles. The van der Waals surface area contributed by atoms with Gasteiger partial charge in [-0.3, -0.25) is 10.3 Å². The second-order valence-electron chi connectivity index (χ2n) is 13.2. The van der Waals surface area contributed by atoms with Crippen LogP contribution >= 0.6 is 0 Å². The lowest BCUT2D eigenvalue weighted by Gasteiger charge is -2.35. The molecular weight excluding hydrogens is 583 g/mol. The molecule has 0 radical (unpaired) electrons. The van der Waals surface area contributed by atoms with E-state index < -0.39 is 0 Å². The van der Waals surface area contributed by atoms with Gasteiger partial charge < -0.3 is 4.57 Å². The molecule has 3 unspecified atom stereocenters. The SMILES string of the molecule is CC1C(c2cccc(-n3c4ccccc4c4cc5ccc6cccc7ccc(c5c67)c43)c2)=NC(c2ccccc2)NC1c1ccccc1. The Kier molecular flexibility index (Phi) is 6.06. The standard InChI is InChI=1S/C45H33N3/c1-28-42(31-12-4-2-5-13-31)46-45(32-14-6-3-7-15-32)47-43(28)34-18-11-19-35(26-34)48-39-21-9-8-20-36(39)38-27-33-23-22-29-16-10-17-30-24-25-37(44(38)48)41(33)40(29)30/h2-28,42,45-46H,1H3. The van der Waals surface area contributed by atoms with Crippen molar-refractivity contribution in [1.29, 1.82) is 0 Å². The number of aromatic nitrogens is 1. The van der Waals surface area contributed by atoms with Gasteiger partial charge in [-0.2, -0.15) is 0 Å². The van der Waals surface area contributed by atoms with Crippen molar-refractivity contribution in [2.75, 3.05) is 0 Å². The summed E-state index contributed by atoms with van der Waals surface area (Å²) in [5, 5.41) is 14.3. The first kappa shape index (κ1) is 27.4. The van der Waals surface area contributed by atoms with Crippen molar-refractivity contribution in [1.82, 2.24) is 9.88 Å². The second-order valence-corrected chi connectivity index (χ2v) is 13.2. The maximum Gasteiger partial charge on any atom is 0.126 e. The first-order valence-electron chi connectivity index (χ1n) is 16.9. The van der Waals surface area contributed by atoms with Crippen molar-refractivity contribution in [2.24, 2.45) is 10.9 Å². The van der Waals surface area contributed by atoms with Crippen LogP contribution in [0.25, 0.3) is 59.8 Å². The van der Waals surface area contributed by atoms with E-state index in [1.807, 2.05) is 0 Å². The fourth-order valence-electron chi connectivity index (χ4n) is 8.29. The first-order chi connectivity index (χ1) is 23.7. The lowest BCUT2D eigenvalue weighted by molar-refractivity contribution is 0.379. The Morgan fingerprint density at radius 3 is 2.04 bits per heavy atom. The average molecular weight is 616 g/mol. The molecule has 3 atom stereocenters. The molecule has 8 aromatic carbocycles. The van der Waals surface area contributed by atoms with Crippen molar-refractivity contribution in [2.45, 2.75) is 19.1 Å². The molecule has 1 aliphatic rings. The van der Waals surface area contributed by atoms with E-state index in [0.29, 0.717) is 0 Å². The first-order valence-corrected chi connectivity index (χ1v) is 16.9. The van der Waals surface area contributed by atoms with E-state index in [9.17, 15) is 0 Å². The summed E-state index contributed by atoms with van der Waals surface area (Å²) < 4.78 is 2.48. The van der Waals surface area contributed by atoms with E-state index in [2.05, 4.69) is 175 Å². The number of hydrogen-bond acceptors (Lipinski definition) is 2. The minimum Gasteiger partial charge on any atom is -0.309 e. The van der Waals surface area contributed by atoms with Crippen molar-refractivity contribution in [3.63, 3.8) is 0 Å².